The quantitative estimate of drug-likeness (QED) is 0.768. The van der Waals surface area contributed by atoms with Crippen LogP contribution in [0.3, 0.4) is 0 Å². The number of hydrogen-bond donors (Lipinski definition) is 2. The van der Waals surface area contributed by atoms with Gasteiger partial charge in [0.05, 0.1) is 12.6 Å². The van der Waals surface area contributed by atoms with Crippen LogP contribution in [0.1, 0.15) is 31.4 Å². The summed E-state index contributed by atoms with van der Waals surface area (Å²) in [5.41, 5.74) is 1.17. The summed E-state index contributed by atoms with van der Waals surface area (Å²) in [6.07, 6.45) is 2.03. The average molecular weight is 220 g/mol. The Morgan fingerprint density at radius 3 is 2.56 bits per heavy atom. The molecule has 3 heteroatoms. The standard InChI is InChI=1S/C13H20N2O/c1-3-7-12(15-13(16)10-14-2)11-8-5-4-6-9-11/h4-6,8-9,12,14H,3,7,10H2,1-2H3,(H,15,16). The third-order valence-electron chi connectivity index (χ3n) is 2.45. The number of rotatable bonds is 6. The summed E-state index contributed by atoms with van der Waals surface area (Å²) in [5.74, 6) is 0.0461. The topological polar surface area (TPSA) is 41.1 Å². The molecular weight excluding hydrogens is 200 g/mol. The Kier molecular flexibility index (Phi) is 5.57. The van der Waals surface area contributed by atoms with E-state index in [-0.39, 0.29) is 11.9 Å². The maximum atomic E-state index is 11.5. The van der Waals surface area contributed by atoms with Crippen LogP contribution >= 0.6 is 0 Å². The van der Waals surface area contributed by atoms with Gasteiger partial charge in [0.1, 0.15) is 0 Å². The van der Waals surface area contributed by atoms with E-state index < -0.39 is 0 Å². The molecule has 1 unspecified atom stereocenters. The van der Waals surface area contributed by atoms with Crippen molar-refractivity contribution in [2.75, 3.05) is 13.6 Å². The Bertz CT molecular complexity index is 311. The molecule has 1 aromatic carbocycles. The van der Waals surface area contributed by atoms with E-state index in [1.807, 2.05) is 18.2 Å². The first kappa shape index (κ1) is 12.7. The minimum atomic E-state index is 0.0461. The number of amides is 1. The molecule has 1 aromatic rings. The van der Waals surface area contributed by atoms with Crippen molar-refractivity contribution in [2.45, 2.75) is 25.8 Å². The number of benzene rings is 1. The molecule has 0 saturated carbocycles. The lowest BCUT2D eigenvalue weighted by molar-refractivity contribution is -0.120. The van der Waals surface area contributed by atoms with Gasteiger partial charge in [-0.1, -0.05) is 43.7 Å². The molecule has 0 spiro atoms. The highest BCUT2D eigenvalue weighted by Crippen LogP contribution is 2.17. The normalized spacial score (nSPS) is 12.1. The molecule has 2 N–H and O–H groups in total. The molecule has 0 aliphatic carbocycles. The summed E-state index contributed by atoms with van der Waals surface area (Å²) in [7, 11) is 1.77. The van der Waals surface area contributed by atoms with Crippen LogP contribution in [-0.4, -0.2) is 19.5 Å². The van der Waals surface area contributed by atoms with Gasteiger partial charge in [0.15, 0.2) is 0 Å². The molecule has 1 rings (SSSR count). The number of likely N-dealkylation sites (N-methyl/N-ethyl adjacent to an activating group) is 1. The van der Waals surface area contributed by atoms with Gasteiger partial charge in [-0.3, -0.25) is 4.79 Å². The van der Waals surface area contributed by atoms with Gasteiger partial charge in [-0.15, -0.1) is 0 Å². The molecule has 0 aliphatic rings. The minimum Gasteiger partial charge on any atom is -0.348 e. The Morgan fingerprint density at radius 1 is 1.31 bits per heavy atom. The van der Waals surface area contributed by atoms with Crippen molar-refractivity contribution in [3.63, 3.8) is 0 Å². The Balaban J connectivity index is 2.64. The molecule has 16 heavy (non-hydrogen) atoms. The fourth-order valence-electron chi connectivity index (χ4n) is 1.70. The zero-order valence-corrected chi connectivity index (χ0v) is 9.99. The van der Waals surface area contributed by atoms with Crippen molar-refractivity contribution in [1.29, 1.82) is 0 Å². The summed E-state index contributed by atoms with van der Waals surface area (Å²) in [4.78, 5) is 11.5. The second-order valence-corrected chi connectivity index (χ2v) is 3.85. The third kappa shape index (κ3) is 4.03. The summed E-state index contributed by atoms with van der Waals surface area (Å²) < 4.78 is 0. The lowest BCUT2D eigenvalue weighted by atomic mass is 10.0. The smallest absolute Gasteiger partial charge is 0.234 e. The fraction of sp³-hybridized carbons (Fsp3) is 0.462. The first-order chi connectivity index (χ1) is 7.77. The molecule has 0 heterocycles. The first-order valence-electron chi connectivity index (χ1n) is 5.76. The van der Waals surface area contributed by atoms with E-state index in [0.29, 0.717) is 6.54 Å². The molecule has 3 nitrogen and oxygen atoms in total. The maximum Gasteiger partial charge on any atom is 0.234 e. The van der Waals surface area contributed by atoms with Crippen molar-refractivity contribution >= 4 is 5.91 Å². The molecule has 0 saturated heterocycles. The average Bonchev–Trinajstić information content (AvgIpc) is 2.30. The second kappa shape index (κ2) is 7.01. The molecule has 0 fully saturated rings. The first-order valence-corrected chi connectivity index (χ1v) is 5.76. The lowest BCUT2D eigenvalue weighted by Gasteiger charge is -2.18. The van der Waals surface area contributed by atoms with E-state index in [1.165, 1.54) is 5.56 Å². The Morgan fingerprint density at radius 2 is 2.00 bits per heavy atom. The highest BCUT2D eigenvalue weighted by atomic mass is 16.1. The van der Waals surface area contributed by atoms with Crippen LogP contribution in [-0.2, 0) is 4.79 Å². The largest absolute Gasteiger partial charge is 0.348 e. The van der Waals surface area contributed by atoms with Gasteiger partial charge < -0.3 is 10.6 Å². The van der Waals surface area contributed by atoms with E-state index in [9.17, 15) is 4.79 Å². The molecule has 0 radical (unpaired) electrons. The predicted octanol–water partition coefficient (Wildman–Crippen LogP) is 1.86. The van der Waals surface area contributed by atoms with E-state index in [0.717, 1.165) is 12.8 Å². The molecule has 0 bridgehead atoms. The van der Waals surface area contributed by atoms with Crippen molar-refractivity contribution in [3.8, 4) is 0 Å². The highest BCUT2D eigenvalue weighted by Gasteiger charge is 2.12. The Labute approximate surface area is 97.2 Å². The van der Waals surface area contributed by atoms with Crippen molar-refractivity contribution in [1.82, 2.24) is 10.6 Å². The lowest BCUT2D eigenvalue weighted by Crippen LogP contribution is -2.35. The van der Waals surface area contributed by atoms with Crippen LogP contribution in [0.4, 0.5) is 0 Å². The number of carbonyl (C=O) groups is 1. The van der Waals surface area contributed by atoms with Crippen LogP contribution in [0.2, 0.25) is 0 Å². The van der Waals surface area contributed by atoms with Gasteiger partial charge in [0, 0.05) is 0 Å². The van der Waals surface area contributed by atoms with Crippen molar-refractivity contribution in [3.05, 3.63) is 35.9 Å². The van der Waals surface area contributed by atoms with Crippen molar-refractivity contribution < 1.29 is 4.79 Å². The number of carbonyl (C=O) groups excluding carboxylic acids is 1. The molecule has 1 amide bonds. The van der Waals surface area contributed by atoms with Crippen LogP contribution in [0.15, 0.2) is 30.3 Å². The van der Waals surface area contributed by atoms with Gasteiger partial charge in [-0.2, -0.15) is 0 Å². The molecule has 0 aliphatic heterocycles. The van der Waals surface area contributed by atoms with Crippen LogP contribution in [0.5, 0.6) is 0 Å². The van der Waals surface area contributed by atoms with Crippen molar-refractivity contribution in [2.24, 2.45) is 0 Å². The summed E-state index contributed by atoms with van der Waals surface area (Å²) in [6, 6.07) is 10.2. The van der Waals surface area contributed by atoms with Crippen LogP contribution in [0.25, 0.3) is 0 Å². The van der Waals surface area contributed by atoms with Crippen LogP contribution < -0.4 is 10.6 Å². The zero-order chi connectivity index (χ0) is 11.8. The maximum absolute atomic E-state index is 11.5. The third-order valence-corrected chi connectivity index (χ3v) is 2.45. The van der Waals surface area contributed by atoms with E-state index >= 15 is 0 Å². The van der Waals surface area contributed by atoms with Crippen LogP contribution in [0, 0.1) is 0 Å². The monoisotopic (exact) mass is 220 g/mol. The SMILES string of the molecule is CCCC(NC(=O)CNC)c1ccccc1. The molecular formula is C13H20N2O. The van der Waals surface area contributed by atoms with Gasteiger partial charge >= 0.3 is 0 Å². The molecule has 1 atom stereocenters. The van der Waals surface area contributed by atoms with Gasteiger partial charge in [0.25, 0.3) is 0 Å². The zero-order valence-electron chi connectivity index (χ0n) is 9.99. The van der Waals surface area contributed by atoms with Gasteiger partial charge in [0.2, 0.25) is 5.91 Å². The number of hydrogen-bond acceptors (Lipinski definition) is 2. The van der Waals surface area contributed by atoms with E-state index in [4.69, 9.17) is 0 Å². The van der Waals surface area contributed by atoms with Gasteiger partial charge in [-0.25, -0.2) is 0 Å². The predicted molar refractivity (Wildman–Crippen MR) is 66.2 cm³/mol. The van der Waals surface area contributed by atoms with Gasteiger partial charge in [-0.05, 0) is 19.0 Å². The highest BCUT2D eigenvalue weighted by molar-refractivity contribution is 5.78. The number of nitrogens with one attached hydrogen (secondary N) is 2. The van der Waals surface area contributed by atoms with E-state index in [2.05, 4.69) is 29.7 Å². The summed E-state index contributed by atoms with van der Waals surface area (Å²) in [6.45, 7) is 2.49. The summed E-state index contributed by atoms with van der Waals surface area (Å²) in [5, 5.41) is 5.89. The second-order valence-electron chi connectivity index (χ2n) is 3.85. The minimum absolute atomic E-state index is 0.0461. The molecule has 88 valence electrons. The fourth-order valence-corrected chi connectivity index (χ4v) is 1.70. The Hall–Kier alpha value is -1.35. The van der Waals surface area contributed by atoms with E-state index in [1.54, 1.807) is 7.05 Å². The molecule has 0 aromatic heterocycles. The summed E-state index contributed by atoms with van der Waals surface area (Å²) >= 11 is 0.